The molecule has 0 saturated heterocycles. The Morgan fingerprint density at radius 3 is 2.57 bits per heavy atom. The molecule has 0 fully saturated rings. The zero-order valence-corrected chi connectivity index (χ0v) is 13.6. The molecular weight excluding hydrogens is 353 g/mol. The normalized spacial score (nSPS) is 14.0. The Morgan fingerprint density at radius 1 is 1.39 bits per heavy atom. The third-order valence-corrected chi connectivity index (χ3v) is 3.92. The molecule has 23 heavy (non-hydrogen) atoms. The number of aliphatic carboxylic acids is 1. The first kappa shape index (κ1) is 19.4. The van der Waals surface area contributed by atoms with E-state index in [0.717, 1.165) is 16.7 Å². The summed E-state index contributed by atoms with van der Waals surface area (Å²) in [4.78, 5) is 14.6. The lowest BCUT2D eigenvalue weighted by atomic mass is 9.93. The van der Waals surface area contributed by atoms with Gasteiger partial charge in [0.05, 0.1) is 0 Å². The van der Waals surface area contributed by atoms with Crippen molar-refractivity contribution in [2.24, 2.45) is 5.73 Å². The second-order valence-corrected chi connectivity index (χ2v) is 5.99. The number of rotatable bonds is 4. The minimum atomic E-state index is -4.48. The van der Waals surface area contributed by atoms with Gasteiger partial charge in [0, 0.05) is 17.4 Å². The Hall–Kier alpha value is -1.64. The maximum absolute atomic E-state index is 12.6. The van der Waals surface area contributed by atoms with E-state index in [9.17, 15) is 18.0 Å². The Balaban J connectivity index is 0.00000264. The highest BCUT2D eigenvalue weighted by molar-refractivity contribution is 7.13. The molecular formula is C14H14ClF3N2O2S. The van der Waals surface area contributed by atoms with Crippen LogP contribution in [0.15, 0.2) is 29.6 Å². The lowest BCUT2D eigenvalue weighted by Gasteiger charge is -2.19. The van der Waals surface area contributed by atoms with E-state index < -0.39 is 23.4 Å². The number of carboxylic acid groups (broad SMARTS) is 1. The standard InChI is InChI=1S/C14H13F3N2O2S.ClH/c1-13(18,12(20)21)6-8-3-2-4-9(5-8)11-19-10(7-22-11)14(15,16)17;/h2-5,7H,6,18H2,1H3,(H,20,21);1H/t13-;/m1./s1. The molecule has 1 aromatic carbocycles. The quantitative estimate of drug-likeness (QED) is 0.866. The number of benzene rings is 1. The van der Waals surface area contributed by atoms with Crippen LogP contribution in [-0.2, 0) is 17.4 Å². The van der Waals surface area contributed by atoms with Gasteiger partial charge in [0.25, 0.3) is 0 Å². The average molecular weight is 367 g/mol. The number of nitrogens with zero attached hydrogens (tertiary/aromatic N) is 1. The van der Waals surface area contributed by atoms with Crippen LogP contribution in [0.1, 0.15) is 18.2 Å². The van der Waals surface area contributed by atoms with Crippen LogP contribution in [0.5, 0.6) is 0 Å². The van der Waals surface area contributed by atoms with Crippen molar-refractivity contribution in [3.63, 3.8) is 0 Å². The Kier molecular flexibility index (Phi) is 5.79. The van der Waals surface area contributed by atoms with Gasteiger partial charge in [-0.1, -0.05) is 18.2 Å². The fourth-order valence-electron chi connectivity index (χ4n) is 1.85. The van der Waals surface area contributed by atoms with Crippen molar-refractivity contribution in [3.05, 3.63) is 40.9 Å². The summed E-state index contributed by atoms with van der Waals surface area (Å²) < 4.78 is 37.7. The number of aromatic nitrogens is 1. The number of thiazole rings is 1. The van der Waals surface area contributed by atoms with Crippen molar-refractivity contribution >= 4 is 29.7 Å². The van der Waals surface area contributed by atoms with Crippen LogP contribution >= 0.6 is 23.7 Å². The van der Waals surface area contributed by atoms with Gasteiger partial charge in [-0.05, 0) is 18.6 Å². The minimum absolute atomic E-state index is 0. The highest BCUT2D eigenvalue weighted by atomic mass is 35.5. The first-order valence-corrected chi connectivity index (χ1v) is 7.12. The average Bonchev–Trinajstić information content (AvgIpc) is 2.87. The number of halogens is 4. The first-order valence-electron chi connectivity index (χ1n) is 6.24. The predicted octanol–water partition coefficient (Wildman–Crippen LogP) is 3.60. The summed E-state index contributed by atoms with van der Waals surface area (Å²) in [5, 5.41) is 10.2. The van der Waals surface area contributed by atoms with Gasteiger partial charge in [0.1, 0.15) is 10.5 Å². The third-order valence-electron chi connectivity index (χ3n) is 3.03. The molecule has 9 heteroatoms. The highest BCUT2D eigenvalue weighted by Gasteiger charge is 2.34. The van der Waals surface area contributed by atoms with E-state index in [2.05, 4.69) is 4.98 Å². The number of alkyl halides is 3. The van der Waals surface area contributed by atoms with Gasteiger partial charge in [0.15, 0.2) is 5.69 Å². The van der Waals surface area contributed by atoms with Gasteiger partial charge in [0.2, 0.25) is 0 Å². The lowest BCUT2D eigenvalue weighted by Crippen LogP contribution is -2.46. The molecule has 0 spiro atoms. The van der Waals surface area contributed by atoms with E-state index in [-0.39, 0.29) is 23.8 Å². The summed E-state index contributed by atoms with van der Waals surface area (Å²) in [7, 11) is 0. The summed E-state index contributed by atoms with van der Waals surface area (Å²) in [6, 6.07) is 6.54. The molecule has 4 nitrogen and oxygen atoms in total. The number of carboxylic acids is 1. The van der Waals surface area contributed by atoms with Crippen LogP contribution in [0.3, 0.4) is 0 Å². The van der Waals surface area contributed by atoms with Crippen LogP contribution in [0.2, 0.25) is 0 Å². The molecule has 1 heterocycles. The van der Waals surface area contributed by atoms with Gasteiger partial charge in [-0.25, -0.2) is 4.98 Å². The predicted molar refractivity (Wildman–Crippen MR) is 83.7 cm³/mol. The maximum Gasteiger partial charge on any atom is 0.434 e. The van der Waals surface area contributed by atoms with Crippen LogP contribution in [0.25, 0.3) is 10.6 Å². The van der Waals surface area contributed by atoms with Crippen molar-refractivity contribution < 1.29 is 23.1 Å². The summed E-state index contributed by atoms with van der Waals surface area (Å²) in [6.07, 6.45) is -4.42. The van der Waals surface area contributed by atoms with Crippen molar-refractivity contribution in [2.45, 2.75) is 25.1 Å². The second-order valence-electron chi connectivity index (χ2n) is 5.14. The van der Waals surface area contributed by atoms with Crippen LogP contribution < -0.4 is 5.73 Å². The Morgan fingerprint density at radius 2 is 2.04 bits per heavy atom. The van der Waals surface area contributed by atoms with Crippen molar-refractivity contribution in [1.29, 1.82) is 0 Å². The monoisotopic (exact) mass is 366 g/mol. The van der Waals surface area contributed by atoms with Gasteiger partial charge >= 0.3 is 12.1 Å². The summed E-state index contributed by atoms with van der Waals surface area (Å²) in [5.74, 6) is -1.15. The molecule has 1 atom stereocenters. The largest absolute Gasteiger partial charge is 0.480 e. The van der Waals surface area contributed by atoms with Gasteiger partial charge in [-0.3, -0.25) is 4.79 Å². The Labute approximate surface area is 140 Å². The molecule has 0 amide bonds. The molecule has 0 unspecified atom stereocenters. The van der Waals surface area contributed by atoms with E-state index in [1.165, 1.54) is 6.92 Å². The van der Waals surface area contributed by atoms with Gasteiger partial charge in [-0.15, -0.1) is 23.7 Å². The molecule has 0 aliphatic heterocycles. The van der Waals surface area contributed by atoms with Crippen LogP contribution in [0.4, 0.5) is 13.2 Å². The van der Waals surface area contributed by atoms with Gasteiger partial charge in [-0.2, -0.15) is 13.2 Å². The highest BCUT2D eigenvalue weighted by Crippen LogP contribution is 2.33. The van der Waals surface area contributed by atoms with E-state index in [1.54, 1.807) is 24.3 Å². The summed E-state index contributed by atoms with van der Waals surface area (Å²) >= 11 is 0.884. The second kappa shape index (κ2) is 6.86. The molecule has 0 aliphatic carbocycles. The molecule has 2 aromatic rings. The number of nitrogens with two attached hydrogens (primary N) is 1. The number of hydrogen-bond donors (Lipinski definition) is 2. The molecule has 0 radical (unpaired) electrons. The zero-order valence-electron chi connectivity index (χ0n) is 11.9. The minimum Gasteiger partial charge on any atom is -0.480 e. The summed E-state index contributed by atoms with van der Waals surface area (Å²) in [6.45, 7) is 1.38. The van der Waals surface area contributed by atoms with E-state index in [4.69, 9.17) is 10.8 Å². The van der Waals surface area contributed by atoms with Crippen LogP contribution in [0, 0.1) is 0 Å². The molecule has 3 N–H and O–H groups in total. The Bertz CT molecular complexity index is 701. The van der Waals surface area contributed by atoms with Crippen molar-refractivity contribution in [2.75, 3.05) is 0 Å². The number of carbonyl (C=O) groups is 1. The van der Waals surface area contributed by atoms with Gasteiger partial charge < -0.3 is 10.8 Å². The first-order chi connectivity index (χ1) is 10.1. The topological polar surface area (TPSA) is 76.2 Å². The third kappa shape index (κ3) is 4.66. The van der Waals surface area contributed by atoms with E-state index in [0.29, 0.717) is 11.1 Å². The molecule has 1 aromatic heterocycles. The molecule has 0 saturated carbocycles. The lowest BCUT2D eigenvalue weighted by molar-refractivity contribution is -0.142. The van der Waals surface area contributed by atoms with E-state index in [1.807, 2.05) is 0 Å². The molecule has 0 aliphatic rings. The summed E-state index contributed by atoms with van der Waals surface area (Å²) in [5.41, 5.74) is 4.41. The zero-order chi connectivity index (χ0) is 16.5. The molecule has 126 valence electrons. The maximum atomic E-state index is 12.6. The molecule has 2 rings (SSSR count). The van der Waals surface area contributed by atoms with Crippen LogP contribution in [-0.4, -0.2) is 21.6 Å². The SMILES string of the molecule is C[C@@](N)(Cc1cccc(-c2nc(C(F)(F)F)cs2)c1)C(=O)O.Cl. The smallest absolute Gasteiger partial charge is 0.434 e. The van der Waals surface area contributed by atoms with Crippen molar-refractivity contribution in [3.8, 4) is 10.6 Å². The fourth-order valence-corrected chi connectivity index (χ4v) is 2.67. The fraction of sp³-hybridized carbons (Fsp3) is 0.286. The van der Waals surface area contributed by atoms with Crippen molar-refractivity contribution in [1.82, 2.24) is 4.98 Å². The molecule has 0 bridgehead atoms. The van der Waals surface area contributed by atoms with E-state index >= 15 is 0 Å². The number of hydrogen-bond acceptors (Lipinski definition) is 4.